The van der Waals surface area contributed by atoms with Crippen LogP contribution in [0, 0.1) is 28.5 Å². The topological polar surface area (TPSA) is 47.6 Å². The van der Waals surface area contributed by atoms with Crippen molar-refractivity contribution in [2.75, 3.05) is 0 Å². The van der Waals surface area contributed by atoms with E-state index in [0.29, 0.717) is 5.56 Å². The molecule has 0 radical (unpaired) electrons. The highest BCUT2D eigenvalue weighted by Crippen LogP contribution is 2.30. The van der Waals surface area contributed by atoms with E-state index in [9.17, 15) is 9.65 Å². The van der Waals surface area contributed by atoms with E-state index in [0.717, 1.165) is 4.88 Å². The van der Waals surface area contributed by atoms with Gasteiger partial charge >= 0.3 is 0 Å². The van der Waals surface area contributed by atoms with Crippen LogP contribution in [0.4, 0.5) is 4.39 Å². The molecule has 2 nitrogen and oxygen atoms in total. The average molecular weight is 242 g/mol. The van der Waals surface area contributed by atoms with Gasteiger partial charge in [0.05, 0.1) is 11.6 Å². The lowest BCUT2D eigenvalue weighted by Gasteiger charge is -2.09. The Bertz CT molecular complexity index is 605. The standard InChI is InChI=1S/C13H7FN2S/c14-12-4-1-3-9(10(12)7-15)11(8-16)13-5-2-6-17-13/h1-6,11H. The zero-order chi connectivity index (χ0) is 12.3. The maximum absolute atomic E-state index is 13.5. The van der Waals surface area contributed by atoms with E-state index >= 15 is 0 Å². The highest BCUT2D eigenvalue weighted by molar-refractivity contribution is 7.10. The van der Waals surface area contributed by atoms with E-state index in [1.807, 2.05) is 23.6 Å². The maximum atomic E-state index is 13.5. The predicted octanol–water partition coefficient (Wildman–Crippen LogP) is 3.41. The number of thiophene rings is 1. The first-order valence-corrected chi connectivity index (χ1v) is 5.77. The number of hydrogen-bond donors (Lipinski definition) is 0. The summed E-state index contributed by atoms with van der Waals surface area (Å²) >= 11 is 1.42. The van der Waals surface area contributed by atoms with Crippen LogP contribution >= 0.6 is 11.3 Å². The van der Waals surface area contributed by atoms with Crippen LogP contribution in [0.2, 0.25) is 0 Å². The van der Waals surface area contributed by atoms with Gasteiger partial charge in [0.25, 0.3) is 0 Å². The Labute approximate surface area is 102 Å². The summed E-state index contributed by atoms with van der Waals surface area (Å²) in [5.74, 6) is -1.16. The predicted molar refractivity (Wildman–Crippen MR) is 62.9 cm³/mol. The Morgan fingerprint density at radius 1 is 1.18 bits per heavy atom. The molecular weight excluding hydrogens is 235 g/mol. The van der Waals surface area contributed by atoms with Crippen molar-refractivity contribution < 1.29 is 4.39 Å². The summed E-state index contributed by atoms with van der Waals surface area (Å²) < 4.78 is 13.5. The second-order valence-corrected chi connectivity index (χ2v) is 4.37. The van der Waals surface area contributed by atoms with E-state index in [2.05, 4.69) is 6.07 Å². The molecule has 0 N–H and O–H groups in total. The molecule has 2 rings (SSSR count). The Morgan fingerprint density at radius 3 is 2.59 bits per heavy atom. The molecule has 0 aliphatic carbocycles. The van der Waals surface area contributed by atoms with Crippen molar-refractivity contribution in [1.29, 1.82) is 10.5 Å². The highest BCUT2D eigenvalue weighted by atomic mass is 32.1. The van der Waals surface area contributed by atoms with Crippen LogP contribution in [-0.4, -0.2) is 0 Å². The van der Waals surface area contributed by atoms with Crippen molar-refractivity contribution in [1.82, 2.24) is 0 Å². The molecule has 0 aliphatic heterocycles. The monoisotopic (exact) mass is 242 g/mol. The molecule has 0 saturated carbocycles. The van der Waals surface area contributed by atoms with E-state index in [1.54, 1.807) is 6.07 Å². The molecular formula is C13H7FN2S. The number of hydrogen-bond acceptors (Lipinski definition) is 3. The molecule has 1 atom stereocenters. The SMILES string of the molecule is N#Cc1c(F)cccc1C(C#N)c1cccs1. The van der Waals surface area contributed by atoms with Crippen LogP contribution in [0.1, 0.15) is 21.9 Å². The first kappa shape index (κ1) is 11.3. The molecule has 1 heterocycles. The molecule has 0 saturated heterocycles. The molecule has 1 unspecified atom stereocenters. The third-order valence-electron chi connectivity index (χ3n) is 2.43. The number of rotatable bonds is 2. The number of nitrogens with zero attached hydrogens (tertiary/aromatic N) is 2. The first-order valence-electron chi connectivity index (χ1n) is 4.89. The van der Waals surface area contributed by atoms with Crippen LogP contribution in [0.15, 0.2) is 35.7 Å². The molecule has 1 aromatic carbocycles. The Kier molecular flexibility index (Phi) is 3.18. The van der Waals surface area contributed by atoms with Crippen LogP contribution in [0.5, 0.6) is 0 Å². The molecule has 0 bridgehead atoms. The first-order chi connectivity index (χ1) is 8.27. The fraction of sp³-hybridized carbons (Fsp3) is 0.0769. The quantitative estimate of drug-likeness (QED) is 0.810. The summed E-state index contributed by atoms with van der Waals surface area (Å²) in [6.07, 6.45) is 0. The molecule has 82 valence electrons. The van der Waals surface area contributed by atoms with Crippen LogP contribution < -0.4 is 0 Å². The van der Waals surface area contributed by atoms with Gasteiger partial charge in [-0.15, -0.1) is 11.3 Å². The molecule has 4 heteroatoms. The van der Waals surface area contributed by atoms with Gasteiger partial charge in [-0.05, 0) is 23.1 Å². The van der Waals surface area contributed by atoms with E-state index in [1.165, 1.54) is 23.5 Å². The molecule has 2 aromatic rings. The van der Waals surface area contributed by atoms with Gasteiger partial charge in [-0.2, -0.15) is 10.5 Å². The number of halogens is 1. The lowest BCUT2D eigenvalue weighted by atomic mass is 9.94. The summed E-state index contributed by atoms with van der Waals surface area (Å²) in [5, 5.41) is 20.0. The molecule has 1 aromatic heterocycles. The summed E-state index contributed by atoms with van der Waals surface area (Å²) in [6, 6.07) is 11.9. The molecule has 0 amide bonds. The lowest BCUT2D eigenvalue weighted by Crippen LogP contribution is -2.01. The van der Waals surface area contributed by atoms with Gasteiger partial charge in [-0.1, -0.05) is 18.2 Å². The molecule has 0 aliphatic rings. The number of benzene rings is 1. The van der Waals surface area contributed by atoms with Gasteiger partial charge in [-0.25, -0.2) is 4.39 Å². The lowest BCUT2D eigenvalue weighted by molar-refractivity contribution is 0.621. The zero-order valence-corrected chi connectivity index (χ0v) is 9.54. The fourth-order valence-corrected chi connectivity index (χ4v) is 2.43. The van der Waals surface area contributed by atoms with Gasteiger partial charge < -0.3 is 0 Å². The third-order valence-corrected chi connectivity index (χ3v) is 3.36. The third kappa shape index (κ3) is 2.04. The van der Waals surface area contributed by atoms with E-state index in [-0.39, 0.29) is 5.56 Å². The Balaban J connectivity index is 2.58. The highest BCUT2D eigenvalue weighted by Gasteiger charge is 2.20. The van der Waals surface area contributed by atoms with Gasteiger partial charge in [0.15, 0.2) is 0 Å². The van der Waals surface area contributed by atoms with Crippen molar-refractivity contribution in [2.45, 2.75) is 5.92 Å². The van der Waals surface area contributed by atoms with Gasteiger partial charge in [0.2, 0.25) is 0 Å². The molecule has 17 heavy (non-hydrogen) atoms. The number of nitriles is 2. The van der Waals surface area contributed by atoms with Gasteiger partial charge in [0.1, 0.15) is 17.8 Å². The normalized spacial score (nSPS) is 11.5. The van der Waals surface area contributed by atoms with Crippen LogP contribution in [-0.2, 0) is 0 Å². The Hall–Kier alpha value is -2.17. The van der Waals surface area contributed by atoms with Gasteiger partial charge in [-0.3, -0.25) is 0 Å². The minimum absolute atomic E-state index is 0.0487. The van der Waals surface area contributed by atoms with Crippen LogP contribution in [0.25, 0.3) is 0 Å². The average Bonchev–Trinajstić information content (AvgIpc) is 2.84. The van der Waals surface area contributed by atoms with Crippen molar-refractivity contribution in [2.24, 2.45) is 0 Å². The second-order valence-electron chi connectivity index (χ2n) is 3.39. The van der Waals surface area contributed by atoms with Crippen molar-refractivity contribution in [3.8, 4) is 12.1 Å². The summed E-state index contributed by atoms with van der Waals surface area (Å²) in [5.41, 5.74) is 0.380. The van der Waals surface area contributed by atoms with Crippen molar-refractivity contribution >= 4 is 11.3 Å². The van der Waals surface area contributed by atoms with Crippen LogP contribution in [0.3, 0.4) is 0 Å². The van der Waals surface area contributed by atoms with E-state index in [4.69, 9.17) is 5.26 Å². The second kappa shape index (κ2) is 4.78. The maximum Gasteiger partial charge on any atom is 0.141 e. The minimum Gasteiger partial charge on any atom is -0.206 e. The van der Waals surface area contributed by atoms with Crippen molar-refractivity contribution in [3.05, 3.63) is 57.5 Å². The molecule has 0 spiro atoms. The summed E-state index contributed by atoms with van der Waals surface area (Å²) in [7, 11) is 0. The molecule has 0 fully saturated rings. The zero-order valence-electron chi connectivity index (χ0n) is 8.72. The van der Waals surface area contributed by atoms with E-state index < -0.39 is 11.7 Å². The summed E-state index contributed by atoms with van der Waals surface area (Å²) in [4.78, 5) is 0.814. The van der Waals surface area contributed by atoms with Crippen molar-refractivity contribution in [3.63, 3.8) is 0 Å². The summed E-state index contributed by atoms with van der Waals surface area (Å²) in [6.45, 7) is 0. The Morgan fingerprint density at radius 2 is 2.00 bits per heavy atom. The smallest absolute Gasteiger partial charge is 0.141 e. The minimum atomic E-state index is -0.583. The fourth-order valence-electron chi connectivity index (χ4n) is 1.64. The largest absolute Gasteiger partial charge is 0.206 e. The van der Waals surface area contributed by atoms with Gasteiger partial charge in [0, 0.05) is 4.88 Å².